The Kier molecular flexibility index (Phi) is 17.8. The highest BCUT2D eigenvalue weighted by molar-refractivity contribution is 6.40. The van der Waals surface area contributed by atoms with Crippen LogP contribution in [0.1, 0.15) is 189 Å². The lowest BCUT2D eigenvalue weighted by Gasteiger charge is -2.63. The van der Waals surface area contributed by atoms with Crippen molar-refractivity contribution in [3.63, 3.8) is 0 Å². The van der Waals surface area contributed by atoms with E-state index >= 15 is 0 Å². The molecule has 0 amide bonds. The van der Waals surface area contributed by atoms with Gasteiger partial charge in [-0.3, -0.25) is 19.2 Å². The number of aliphatic hydroxyl groups is 4. The van der Waals surface area contributed by atoms with Gasteiger partial charge < -0.3 is 48.8 Å². The van der Waals surface area contributed by atoms with Gasteiger partial charge in [0.25, 0.3) is 0 Å². The summed E-state index contributed by atoms with van der Waals surface area (Å²) in [6.07, 6.45) is 26.5. The molecule has 13 fully saturated rings. The van der Waals surface area contributed by atoms with Gasteiger partial charge in [-0.2, -0.15) is 0 Å². The maximum Gasteiger partial charge on any atom is 0.190 e. The van der Waals surface area contributed by atoms with Crippen molar-refractivity contribution < 1.29 is 68.0 Å². The van der Waals surface area contributed by atoms with Crippen molar-refractivity contribution in [2.45, 2.75) is 213 Å². The number of Topliss-reactive ketones (excluding diaryl/α,β-unsaturated/α-hetero) is 1. The molecule has 0 bridgehead atoms. The van der Waals surface area contributed by atoms with Gasteiger partial charge in [0.2, 0.25) is 0 Å². The predicted molar refractivity (Wildman–Crippen MR) is 341 cm³/mol. The topological polar surface area (TPSA) is 205 Å². The van der Waals surface area contributed by atoms with E-state index in [-0.39, 0.29) is 95.6 Å². The van der Waals surface area contributed by atoms with Gasteiger partial charge in [0.15, 0.2) is 23.1 Å². The zero-order valence-corrected chi connectivity index (χ0v) is 56.8. The number of alkyl halides is 2. The Morgan fingerprint density at radius 2 is 0.911 bits per heavy atom. The molecule has 90 heavy (non-hydrogen) atoms. The number of hydrogen-bond donors (Lipinski definition) is 4. The van der Waals surface area contributed by atoms with Crippen molar-refractivity contribution in [1.82, 2.24) is 0 Å². The summed E-state index contributed by atoms with van der Waals surface area (Å²) < 4.78 is 36.5. The van der Waals surface area contributed by atoms with Crippen LogP contribution in [-0.4, -0.2) is 146 Å². The molecule has 16 rings (SSSR count). The van der Waals surface area contributed by atoms with E-state index in [0.717, 1.165) is 136 Å². The fourth-order valence-corrected chi connectivity index (χ4v) is 27.0. The van der Waals surface area contributed by atoms with Gasteiger partial charge in [0.05, 0.1) is 63.3 Å². The maximum atomic E-state index is 12.4. The third kappa shape index (κ3) is 9.43. The second-order valence-corrected chi connectivity index (χ2v) is 34.6. The lowest BCUT2D eigenvalue weighted by atomic mass is 9.42. The molecule has 4 heterocycles. The lowest BCUT2D eigenvalue weighted by molar-refractivity contribution is -0.202. The molecule has 4 spiro atoms. The molecule has 16 heteroatoms. The number of aliphatic hydroxyl groups excluding tert-OH is 3. The Bertz CT molecular complexity index is 2880. The predicted octanol–water partition coefficient (Wildman–Crippen LogP) is 11.7. The first-order valence-corrected chi connectivity index (χ1v) is 36.4. The van der Waals surface area contributed by atoms with Crippen LogP contribution < -0.4 is 0 Å². The summed E-state index contributed by atoms with van der Waals surface area (Å²) in [6.45, 7) is 20.5. The molecule has 4 saturated heterocycles. The van der Waals surface area contributed by atoms with Crippen LogP contribution in [0.15, 0.2) is 34.9 Å². The molecule has 4 aliphatic heterocycles. The zero-order valence-electron chi connectivity index (χ0n) is 55.3. The van der Waals surface area contributed by atoms with Crippen molar-refractivity contribution in [3.8, 4) is 0 Å². The first-order chi connectivity index (χ1) is 42.8. The second-order valence-electron chi connectivity index (χ2n) is 33.7. The van der Waals surface area contributed by atoms with E-state index < -0.39 is 29.5 Å². The average molecular weight is 1290 g/mol. The van der Waals surface area contributed by atoms with E-state index in [2.05, 4.69) is 34.6 Å². The number of carbonyl (C=O) groups is 4. The second kappa shape index (κ2) is 24.0. The fraction of sp³-hybridized carbons (Fsp3) is 0.865. The lowest BCUT2D eigenvalue weighted by Crippen LogP contribution is -2.62. The van der Waals surface area contributed by atoms with E-state index in [9.17, 15) is 39.6 Å². The van der Waals surface area contributed by atoms with Crippen LogP contribution in [0.25, 0.3) is 0 Å². The van der Waals surface area contributed by atoms with E-state index in [1.807, 2.05) is 19.1 Å². The number of rotatable bonds is 5. The summed E-state index contributed by atoms with van der Waals surface area (Å²) in [6, 6.07) is 0. The number of ether oxygens (including phenoxy) is 6. The van der Waals surface area contributed by atoms with Gasteiger partial charge >= 0.3 is 0 Å². The Labute approximate surface area is 545 Å². The number of ketones is 4. The van der Waals surface area contributed by atoms with Crippen LogP contribution in [-0.2, 0) is 47.6 Å². The summed E-state index contributed by atoms with van der Waals surface area (Å²) in [7, 11) is 1.73. The number of halogens is 2. The number of methoxy groups -OCH3 is 1. The molecule has 9 saturated carbocycles. The average Bonchev–Trinajstić information content (AvgIpc) is 1.47. The molecule has 0 radical (unpaired) electrons. The van der Waals surface area contributed by atoms with Crippen LogP contribution in [0, 0.1) is 107 Å². The third-order valence-corrected chi connectivity index (χ3v) is 31.2. The van der Waals surface area contributed by atoms with Crippen molar-refractivity contribution in [3.05, 3.63) is 34.9 Å². The fourth-order valence-electron chi connectivity index (χ4n) is 27.0. The Morgan fingerprint density at radius 3 is 1.33 bits per heavy atom. The molecule has 12 aliphatic carbocycles. The Hall–Kier alpha value is -1.92. The van der Waals surface area contributed by atoms with Crippen LogP contribution in [0.3, 0.4) is 0 Å². The number of carbonyl (C=O) groups excluding carboxylic acids is 4. The molecule has 4 N–H and O–H groups in total. The molecular formula is C74H108Cl2O14. The van der Waals surface area contributed by atoms with Gasteiger partial charge in [0, 0.05) is 66.7 Å². The summed E-state index contributed by atoms with van der Waals surface area (Å²) in [4.78, 5) is 48.6. The third-order valence-electron chi connectivity index (χ3n) is 31.2. The van der Waals surface area contributed by atoms with Crippen molar-refractivity contribution in [2.24, 2.45) is 107 Å². The largest absolute Gasteiger partial charge is 0.393 e. The van der Waals surface area contributed by atoms with Crippen molar-refractivity contribution in [1.29, 1.82) is 0 Å². The first kappa shape index (κ1) is 66.7. The molecule has 11 unspecified atom stereocenters. The maximum absolute atomic E-state index is 12.4. The van der Waals surface area contributed by atoms with Gasteiger partial charge in [0.1, 0.15) is 19.0 Å². The first-order valence-electron chi connectivity index (χ1n) is 35.3. The molecule has 0 aromatic carbocycles. The van der Waals surface area contributed by atoms with Crippen LogP contribution in [0.2, 0.25) is 0 Å². The van der Waals surface area contributed by atoms with Crippen LogP contribution in [0.4, 0.5) is 0 Å². The smallest absolute Gasteiger partial charge is 0.190 e. The summed E-state index contributed by atoms with van der Waals surface area (Å²) in [5.74, 6) is 4.09. The summed E-state index contributed by atoms with van der Waals surface area (Å²) in [5.41, 5.74) is 2.58. The Morgan fingerprint density at radius 1 is 0.522 bits per heavy atom. The Balaban J connectivity index is 0.000000122. The molecule has 0 aromatic heterocycles. The molecule has 502 valence electrons. The highest BCUT2D eigenvalue weighted by Gasteiger charge is 2.76. The quantitative estimate of drug-likeness (QED) is 0.149. The van der Waals surface area contributed by atoms with Crippen molar-refractivity contribution in [2.75, 3.05) is 78.7 Å². The molecule has 23 atom stereocenters. The molecular weight excluding hydrogens is 1180 g/mol. The summed E-state index contributed by atoms with van der Waals surface area (Å²) in [5, 5.41) is 43.6. The highest BCUT2D eigenvalue weighted by Crippen LogP contribution is 2.78. The SMILES string of the molecule is COCO[C@H]1C[C@@]2(C)C(CC[C@@]23COCC32CCOC2)C2CCC3=CC(=O)CC[C@]3(C)C21.C[C@]12CCC(=O)C=C1CCC1C2[C@@H](O)C[C@@]2(C)C1CC[C@@]21COCC12CCOC2.C[C@]12CCC(=O)C=C1CCC1C2[C@@H](O)C[C@@]2(C)C1CC[C@]2(O)C(=O)CO.ClCCl. The van der Waals surface area contributed by atoms with E-state index in [4.69, 9.17) is 51.6 Å². The summed E-state index contributed by atoms with van der Waals surface area (Å²) >= 11 is 9.53. The monoisotopic (exact) mass is 1290 g/mol. The van der Waals surface area contributed by atoms with Gasteiger partial charge in [-0.15, -0.1) is 23.2 Å². The molecule has 16 aliphatic rings. The molecule has 0 aromatic rings. The van der Waals surface area contributed by atoms with Crippen LogP contribution in [0.5, 0.6) is 0 Å². The van der Waals surface area contributed by atoms with Gasteiger partial charge in [-0.25, -0.2) is 0 Å². The van der Waals surface area contributed by atoms with Crippen LogP contribution >= 0.6 is 23.2 Å². The van der Waals surface area contributed by atoms with Gasteiger partial charge in [-0.1, -0.05) is 58.3 Å². The minimum Gasteiger partial charge on any atom is -0.393 e. The van der Waals surface area contributed by atoms with E-state index in [1.165, 1.54) is 48.8 Å². The highest BCUT2D eigenvalue weighted by atomic mass is 35.5. The van der Waals surface area contributed by atoms with Crippen molar-refractivity contribution >= 4 is 46.3 Å². The number of allylic oxidation sites excluding steroid dienone is 3. The van der Waals surface area contributed by atoms with E-state index in [0.29, 0.717) is 80.2 Å². The minimum absolute atomic E-state index is 0.00760. The normalized spacial score (nSPS) is 51.5. The number of fused-ring (bicyclic) bond motifs is 19. The number of hydrogen-bond acceptors (Lipinski definition) is 14. The van der Waals surface area contributed by atoms with Gasteiger partial charge in [-0.05, 0) is 227 Å². The minimum atomic E-state index is -1.54. The standard InChI is InChI=1S/C27H40O5.C25H36O4.C21H30O5.CH2Cl2/c1-24-8-6-19(28)12-18(24)4-5-20-21-7-9-27(16-31-15-26(27)10-11-30-14-26)25(21,2)13-22(23(20)24)32-17-29-3;1-22-7-5-17(26)11-16(22)3-4-18-19-6-8-25(23(19,2)12-20(27)21(18)22)15-29-14-24(25)9-10-28-13-24;1-19-7-5-13(23)9-12(19)3-4-14-15-6-8-21(26,17(25)11-22)20(15,2)10-16(24)18(14)19;2-1-3/h12,20-23H,4-11,13-17H2,1-3H3;11,18-21,27H,3-10,12-15H2,1-2H3;9,14-16,18,22,24,26H,3-8,10-11H2,1-2H3;1H2/t20?,21?,22-,23?,24-,25-,26?,27+;18?,19?,20-,21?,22-,23-,24?,25+;14?,15?,16-,18?,19-,20-,21-;/m000./s1. The zero-order chi connectivity index (χ0) is 63.9. The molecule has 14 nitrogen and oxygen atoms in total. The van der Waals surface area contributed by atoms with E-state index in [1.54, 1.807) is 13.2 Å².